The van der Waals surface area contributed by atoms with Crippen molar-refractivity contribution in [2.75, 3.05) is 13.2 Å². The van der Waals surface area contributed by atoms with Crippen molar-refractivity contribution < 1.29 is 18.3 Å². The van der Waals surface area contributed by atoms with Gasteiger partial charge in [0.15, 0.2) is 12.0 Å². The Morgan fingerprint density at radius 2 is 1.48 bits per heavy atom. The molecule has 0 amide bonds. The van der Waals surface area contributed by atoms with Crippen LogP contribution in [0.1, 0.15) is 19.4 Å². The van der Waals surface area contributed by atoms with Crippen LogP contribution in [0.25, 0.3) is 6.08 Å². The molecular weight excluding hydrogens is 311 g/mol. The van der Waals surface area contributed by atoms with Crippen LogP contribution in [0.5, 0.6) is 5.75 Å². The van der Waals surface area contributed by atoms with Gasteiger partial charge in [-0.1, -0.05) is 48.5 Å². The fourth-order valence-corrected chi connectivity index (χ4v) is 2.01. The van der Waals surface area contributed by atoms with E-state index in [1.807, 2.05) is 50.2 Å². The molecule has 0 N–H and O–H groups in total. The summed E-state index contributed by atoms with van der Waals surface area (Å²) in [5, 5.41) is 0. The predicted molar refractivity (Wildman–Crippen MR) is 93.4 cm³/mol. The Balaban J connectivity index is 0.000000463. The molecular formula is C18H22O4P+. The first kappa shape index (κ1) is 18.9. The highest BCUT2D eigenvalue weighted by Crippen LogP contribution is 2.27. The summed E-state index contributed by atoms with van der Waals surface area (Å²) in [5.41, 5.74) is 0.973. The van der Waals surface area contributed by atoms with Crippen LogP contribution in [-0.4, -0.2) is 13.2 Å². The molecule has 2 aromatic carbocycles. The van der Waals surface area contributed by atoms with E-state index in [1.54, 1.807) is 30.3 Å². The molecule has 0 aliphatic rings. The summed E-state index contributed by atoms with van der Waals surface area (Å²) < 4.78 is 26.3. The average Bonchev–Trinajstić information content (AvgIpc) is 2.58. The van der Waals surface area contributed by atoms with Gasteiger partial charge in [-0.3, -0.25) is 0 Å². The van der Waals surface area contributed by atoms with Crippen LogP contribution in [0.15, 0.2) is 66.9 Å². The van der Waals surface area contributed by atoms with Crippen molar-refractivity contribution in [1.82, 2.24) is 0 Å². The molecule has 1 unspecified atom stereocenters. The van der Waals surface area contributed by atoms with Crippen LogP contribution < -0.4 is 4.52 Å². The van der Waals surface area contributed by atoms with E-state index < -0.39 is 8.25 Å². The third kappa shape index (κ3) is 9.46. The van der Waals surface area contributed by atoms with Crippen molar-refractivity contribution in [2.45, 2.75) is 13.8 Å². The minimum atomic E-state index is -2.19. The van der Waals surface area contributed by atoms with E-state index in [0.717, 1.165) is 18.8 Å². The van der Waals surface area contributed by atoms with Gasteiger partial charge in [0, 0.05) is 17.8 Å². The van der Waals surface area contributed by atoms with Crippen LogP contribution in [0, 0.1) is 0 Å². The highest BCUT2D eigenvalue weighted by molar-refractivity contribution is 7.33. The maximum absolute atomic E-state index is 11.5. The first-order chi connectivity index (χ1) is 11.3. The summed E-state index contributed by atoms with van der Waals surface area (Å²) in [6.45, 7) is 5.67. The third-order valence-corrected chi connectivity index (χ3v) is 3.19. The van der Waals surface area contributed by atoms with E-state index in [9.17, 15) is 4.57 Å². The smallest absolute Gasteiger partial charge is 0.382 e. The number of para-hydroxylation sites is 1. The molecule has 0 aromatic heterocycles. The van der Waals surface area contributed by atoms with E-state index in [-0.39, 0.29) is 0 Å². The maximum Gasteiger partial charge on any atom is 0.804 e. The Bertz CT molecular complexity index is 568. The minimum absolute atomic E-state index is 0.520. The first-order valence-electron chi connectivity index (χ1n) is 7.42. The van der Waals surface area contributed by atoms with Crippen molar-refractivity contribution in [1.29, 1.82) is 0 Å². The maximum atomic E-state index is 11.5. The van der Waals surface area contributed by atoms with Crippen LogP contribution >= 0.6 is 8.25 Å². The molecule has 0 fully saturated rings. The molecule has 0 aliphatic heterocycles. The minimum Gasteiger partial charge on any atom is -0.382 e. The number of ether oxygens (including phenoxy) is 1. The SMILES string of the molecule is CCOCC.O=[P+](O/C=C/c1ccccc1)Oc1ccccc1. The van der Waals surface area contributed by atoms with E-state index >= 15 is 0 Å². The molecule has 1 atom stereocenters. The summed E-state index contributed by atoms with van der Waals surface area (Å²) in [6.07, 6.45) is 3.10. The number of hydrogen-bond donors (Lipinski definition) is 0. The van der Waals surface area contributed by atoms with Crippen LogP contribution in [0.4, 0.5) is 0 Å². The molecule has 0 saturated carbocycles. The second-order valence-electron chi connectivity index (χ2n) is 4.23. The molecule has 0 saturated heterocycles. The zero-order valence-corrected chi connectivity index (χ0v) is 14.3. The van der Waals surface area contributed by atoms with Gasteiger partial charge in [-0.25, -0.2) is 9.05 Å². The number of hydrogen-bond acceptors (Lipinski definition) is 4. The largest absolute Gasteiger partial charge is 0.804 e. The van der Waals surface area contributed by atoms with Crippen LogP contribution in [0.3, 0.4) is 0 Å². The van der Waals surface area contributed by atoms with E-state index in [1.165, 1.54) is 6.26 Å². The predicted octanol–water partition coefficient (Wildman–Crippen LogP) is 5.45. The van der Waals surface area contributed by atoms with Gasteiger partial charge in [-0.05, 0) is 37.6 Å². The van der Waals surface area contributed by atoms with E-state index in [4.69, 9.17) is 13.8 Å². The molecule has 5 heteroatoms. The van der Waals surface area contributed by atoms with Crippen molar-refractivity contribution in [3.63, 3.8) is 0 Å². The van der Waals surface area contributed by atoms with Gasteiger partial charge < -0.3 is 4.74 Å². The molecule has 4 nitrogen and oxygen atoms in total. The summed E-state index contributed by atoms with van der Waals surface area (Å²) in [7, 11) is -2.19. The zero-order valence-electron chi connectivity index (χ0n) is 13.4. The Kier molecular flexibility index (Phi) is 10.2. The quantitative estimate of drug-likeness (QED) is 0.499. The Labute approximate surface area is 138 Å². The van der Waals surface area contributed by atoms with Gasteiger partial charge in [0.25, 0.3) is 0 Å². The van der Waals surface area contributed by atoms with Gasteiger partial charge in [-0.2, -0.15) is 0 Å². The van der Waals surface area contributed by atoms with Gasteiger partial charge in [0.2, 0.25) is 0 Å². The molecule has 0 aliphatic carbocycles. The average molecular weight is 333 g/mol. The lowest BCUT2D eigenvalue weighted by Gasteiger charge is -1.90. The molecule has 2 rings (SSSR count). The van der Waals surface area contributed by atoms with E-state index in [2.05, 4.69) is 0 Å². The molecule has 0 radical (unpaired) electrons. The summed E-state index contributed by atoms with van der Waals surface area (Å²) >= 11 is 0. The van der Waals surface area contributed by atoms with Crippen molar-refractivity contribution in [3.05, 3.63) is 72.5 Å². The molecule has 122 valence electrons. The fourth-order valence-electron chi connectivity index (χ4n) is 1.52. The topological polar surface area (TPSA) is 44.8 Å². The summed E-state index contributed by atoms with van der Waals surface area (Å²) in [4.78, 5) is 0. The van der Waals surface area contributed by atoms with Gasteiger partial charge in [0.1, 0.15) is 0 Å². The van der Waals surface area contributed by atoms with Gasteiger partial charge in [-0.15, -0.1) is 0 Å². The van der Waals surface area contributed by atoms with Gasteiger partial charge in [0.05, 0.1) is 0 Å². The highest BCUT2D eigenvalue weighted by Gasteiger charge is 2.20. The molecule has 0 heterocycles. The monoisotopic (exact) mass is 333 g/mol. The first-order valence-corrected chi connectivity index (χ1v) is 8.52. The fraction of sp³-hybridized carbons (Fsp3) is 0.222. The van der Waals surface area contributed by atoms with Crippen molar-refractivity contribution >= 4 is 14.3 Å². The molecule has 23 heavy (non-hydrogen) atoms. The van der Waals surface area contributed by atoms with Crippen molar-refractivity contribution in [2.24, 2.45) is 0 Å². The lowest BCUT2D eigenvalue weighted by atomic mass is 10.2. The summed E-state index contributed by atoms with van der Waals surface area (Å²) in [6, 6.07) is 18.5. The Hall–Kier alpha value is -2.16. The Morgan fingerprint density at radius 1 is 0.913 bits per heavy atom. The third-order valence-electron chi connectivity index (χ3n) is 2.54. The standard InChI is InChI=1S/C14H12O3P.C4H10O/c15-18(17-14-9-5-2-6-10-14)16-12-11-13-7-3-1-4-8-13;1-3-5-4-2/h1-12H;3-4H2,1-2H3/q+1;/b12-11+;. The Morgan fingerprint density at radius 3 is 2.00 bits per heavy atom. The normalized spacial score (nSPS) is 10.6. The number of rotatable bonds is 7. The second kappa shape index (κ2) is 12.4. The van der Waals surface area contributed by atoms with Crippen molar-refractivity contribution in [3.8, 4) is 5.75 Å². The van der Waals surface area contributed by atoms with E-state index in [0.29, 0.717) is 5.75 Å². The molecule has 0 bridgehead atoms. The summed E-state index contributed by atoms with van der Waals surface area (Å²) in [5.74, 6) is 0.520. The zero-order chi connectivity index (χ0) is 16.8. The van der Waals surface area contributed by atoms with Crippen LogP contribution in [-0.2, 0) is 13.8 Å². The highest BCUT2D eigenvalue weighted by atomic mass is 31.1. The lowest BCUT2D eigenvalue weighted by Crippen LogP contribution is -1.84. The molecule has 2 aromatic rings. The lowest BCUT2D eigenvalue weighted by molar-refractivity contribution is 0.162. The van der Waals surface area contributed by atoms with Crippen LogP contribution in [0.2, 0.25) is 0 Å². The second-order valence-corrected chi connectivity index (χ2v) is 5.07. The number of benzene rings is 2. The molecule has 0 spiro atoms. The van der Waals surface area contributed by atoms with Gasteiger partial charge >= 0.3 is 8.25 Å².